The van der Waals surface area contributed by atoms with Crippen LogP contribution < -0.4 is 20.3 Å². The molecule has 0 radical (unpaired) electrons. The van der Waals surface area contributed by atoms with Gasteiger partial charge in [0.1, 0.15) is 11.9 Å². The Hall–Kier alpha value is -2.64. The summed E-state index contributed by atoms with van der Waals surface area (Å²) in [5, 5.41) is 6.27. The van der Waals surface area contributed by atoms with Gasteiger partial charge in [-0.1, -0.05) is 35.3 Å². The molecule has 2 aromatic carbocycles. The summed E-state index contributed by atoms with van der Waals surface area (Å²) in [6.45, 7) is 0.999. The largest absolute Gasteiger partial charge is 0.497 e. The van der Waals surface area contributed by atoms with E-state index in [9.17, 15) is 9.59 Å². The number of ether oxygens (including phenoxy) is 2. The number of methoxy groups -OCH3 is 1. The Morgan fingerprint density at radius 1 is 1.17 bits per heavy atom. The molecule has 29 heavy (non-hydrogen) atoms. The Labute approximate surface area is 178 Å². The molecular formula is C20H21Cl2N3O4. The first-order valence-corrected chi connectivity index (χ1v) is 9.79. The Morgan fingerprint density at radius 2 is 1.93 bits per heavy atom. The summed E-state index contributed by atoms with van der Waals surface area (Å²) < 4.78 is 10.4. The summed E-state index contributed by atoms with van der Waals surface area (Å²) in [6.07, 6.45) is -0.250. The molecule has 1 fully saturated rings. The number of urea groups is 1. The van der Waals surface area contributed by atoms with Gasteiger partial charge in [-0.3, -0.25) is 4.90 Å². The van der Waals surface area contributed by atoms with E-state index in [0.29, 0.717) is 35.2 Å². The molecule has 0 aliphatic carbocycles. The summed E-state index contributed by atoms with van der Waals surface area (Å²) >= 11 is 11.9. The normalized spacial score (nSPS) is 15.8. The maximum atomic E-state index is 12.1. The molecule has 1 atom stereocenters. The number of halogens is 2. The maximum absolute atomic E-state index is 12.1. The van der Waals surface area contributed by atoms with E-state index in [1.807, 2.05) is 24.3 Å². The van der Waals surface area contributed by atoms with Crippen LogP contribution in [0.3, 0.4) is 0 Å². The highest BCUT2D eigenvalue weighted by Crippen LogP contribution is 2.29. The Morgan fingerprint density at radius 3 is 2.62 bits per heavy atom. The van der Waals surface area contributed by atoms with Gasteiger partial charge in [-0.05, 0) is 42.3 Å². The first-order valence-electron chi connectivity index (χ1n) is 9.04. The lowest BCUT2D eigenvalue weighted by Crippen LogP contribution is -2.41. The maximum Gasteiger partial charge on any atom is 0.414 e. The second-order valence-electron chi connectivity index (χ2n) is 6.45. The molecular weight excluding hydrogens is 417 g/mol. The van der Waals surface area contributed by atoms with Crippen LogP contribution in [-0.2, 0) is 11.2 Å². The zero-order chi connectivity index (χ0) is 20.8. The topological polar surface area (TPSA) is 79.9 Å². The molecule has 3 amide bonds. The van der Waals surface area contributed by atoms with Crippen molar-refractivity contribution in [1.82, 2.24) is 10.6 Å². The highest BCUT2D eigenvalue weighted by molar-refractivity contribution is 6.42. The van der Waals surface area contributed by atoms with Crippen molar-refractivity contribution in [2.24, 2.45) is 0 Å². The van der Waals surface area contributed by atoms with Crippen molar-refractivity contribution in [2.45, 2.75) is 12.5 Å². The number of hydrogen-bond acceptors (Lipinski definition) is 4. The molecule has 0 saturated carbocycles. The first-order chi connectivity index (χ1) is 14.0. The van der Waals surface area contributed by atoms with Crippen LogP contribution >= 0.6 is 23.2 Å². The van der Waals surface area contributed by atoms with Gasteiger partial charge < -0.3 is 20.1 Å². The Balaban J connectivity index is 1.41. The molecule has 0 bridgehead atoms. The van der Waals surface area contributed by atoms with Gasteiger partial charge in [0.25, 0.3) is 0 Å². The minimum atomic E-state index is -0.491. The van der Waals surface area contributed by atoms with Crippen molar-refractivity contribution in [3.8, 4) is 5.75 Å². The third-order valence-electron chi connectivity index (χ3n) is 4.44. The third kappa shape index (κ3) is 5.68. The second kappa shape index (κ2) is 9.71. The van der Waals surface area contributed by atoms with E-state index < -0.39 is 12.2 Å². The van der Waals surface area contributed by atoms with E-state index in [2.05, 4.69) is 10.6 Å². The SMILES string of the molecule is COc1ccc(CCNC(=O)NCC2CN(c3ccc(Cl)c(Cl)c3)C(=O)O2)cc1. The summed E-state index contributed by atoms with van der Waals surface area (Å²) in [7, 11) is 1.62. The molecule has 9 heteroatoms. The van der Waals surface area contributed by atoms with Gasteiger partial charge in [-0.15, -0.1) is 0 Å². The van der Waals surface area contributed by atoms with Gasteiger partial charge in [0.05, 0.1) is 30.2 Å². The first kappa shape index (κ1) is 21.1. The van der Waals surface area contributed by atoms with E-state index in [-0.39, 0.29) is 12.6 Å². The number of anilines is 1. The summed E-state index contributed by atoms with van der Waals surface area (Å²) in [5.74, 6) is 0.792. The second-order valence-corrected chi connectivity index (χ2v) is 7.26. The van der Waals surface area contributed by atoms with Gasteiger partial charge in [-0.2, -0.15) is 0 Å². The molecule has 2 aromatic rings. The number of rotatable bonds is 7. The zero-order valence-corrected chi connectivity index (χ0v) is 17.3. The number of nitrogens with one attached hydrogen (secondary N) is 2. The molecule has 2 N–H and O–H groups in total. The highest BCUT2D eigenvalue weighted by Gasteiger charge is 2.32. The summed E-state index contributed by atoms with van der Waals surface area (Å²) in [4.78, 5) is 25.5. The van der Waals surface area contributed by atoms with E-state index in [1.165, 1.54) is 4.90 Å². The minimum absolute atomic E-state index is 0.206. The minimum Gasteiger partial charge on any atom is -0.497 e. The monoisotopic (exact) mass is 437 g/mol. The van der Waals surface area contributed by atoms with Gasteiger partial charge in [0, 0.05) is 12.2 Å². The fourth-order valence-corrected chi connectivity index (χ4v) is 3.17. The van der Waals surface area contributed by atoms with Crippen LogP contribution in [-0.4, -0.2) is 45.0 Å². The molecule has 1 aliphatic rings. The van der Waals surface area contributed by atoms with E-state index in [4.69, 9.17) is 32.7 Å². The average molecular weight is 438 g/mol. The lowest BCUT2D eigenvalue weighted by Gasteiger charge is -2.14. The molecule has 0 spiro atoms. The number of nitrogens with zero attached hydrogens (tertiary/aromatic N) is 1. The molecule has 0 aromatic heterocycles. The van der Waals surface area contributed by atoms with Crippen LogP contribution in [0.4, 0.5) is 15.3 Å². The standard InChI is InChI=1S/C20H21Cl2N3O4/c1-28-15-5-2-13(3-6-15)8-9-23-19(26)24-11-16-12-25(20(27)29-16)14-4-7-17(21)18(22)10-14/h2-7,10,16H,8-9,11-12H2,1H3,(H2,23,24,26). The number of benzene rings is 2. The molecule has 1 saturated heterocycles. The number of hydrogen-bond donors (Lipinski definition) is 2. The van der Waals surface area contributed by atoms with Crippen LogP contribution in [0.25, 0.3) is 0 Å². The van der Waals surface area contributed by atoms with Crippen LogP contribution in [0.15, 0.2) is 42.5 Å². The van der Waals surface area contributed by atoms with Gasteiger partial charge >= 0.3 is 12.1 Å². The van der Waals surface area contributed by atoms with Crippen molar-refractivity contribution in [3.05, 3.63) is 58.1 Å². The van der Waals surface area contributed by atoms with Crippen LogP contribution in [0.5, 0.6) is 5.75 Å². The molecule has 1 aliphatic heterocycles. The summed E-state index contributed by atoms with van der Waals surface area (Å²) in [5.41, 5.74) is 1.68. The molecule has 7 nitrogen and oxygen atoms in total. The number of amides is 3. The summed E-state index contributed by atoms with van der Waals surface area (Å²) in [6, 6.07) is 12.3. The van der Waals surface area contributed by atoms with Crippen molar-refractivity contribution >= 4 is 41.0 Å². The Kier molecular flexibility index (Phi) is 7.06. The number of carbonyl (C=O) groups excluding carboxylic acids is 2. The van der Waals surface area contributed by atoms with Gasteiger partial charge in [0.2, 0.25) is 0 Å². The quantitative estimate of drug-likeness (QED) is 0.688. The lowest BCUT2D eigenvalue weighted by atomic mass is 10.1. The fourth-order valence-electron chi connectivity index (χ4n) is 2.87. The molecule has 1 unspecified atom stereocenters. The van der Waals surface area contributed by atoms with Crippen LogP contribution in [0, 0.1) is 0 Å². The van der Waals surface area contributed by atoms with Crippen molar-refractivity contribution in [1.29, 1.82) is 0 Å². The Bertz CT molecular complexity index is 877. The molecule has 154 valence electrons. The van der Waals surface area contributed by atoms with Crippen LogP contribution in [0.2, 0.25) is 10.0 Å². The number of cyclic esters (lactones) is 1. The predicted molar refractivity (Wildman–Crippen MR) is 112 cm³/mol. The van der Waals surface area contributed by atoms with Crippen LogP contribution in [0.1, 0.15) is 5.56 Å². The molecule has 3 rings (SSSR count). The van der Waals surface area contributed by atoms with E-state index >= 15 is 0 Å². The molecule has 1 heterocycles. The van der Waals surface area contributed by atoms with Gasteiger partial charge in [-0.25, -0.2) is 9.59 Å². The van der Waals surface area contributed by atoms with Gasteiger partial charge in [0.15, 0.2) is 0 Å². The van der Waals surface area contributed by atoms with Crippen molar-refractivity contribution in [3.63, 3.8) is 0 Å². The lowest BCUT2D eigenvalue weighted by molar-refractivity contribution is 0.140. The van der Waals surface area contributed by atoms with Crippen molar-refractivity contribution < 1.29 is 19.1 Å². The average Bonchev–Trinajstić information content (AvgIpc) is 3.09. The number of carbonyl (C=O) groups is 2. The third-order valence-corrected chi connectivity index (χ3v) is 5.18. The van der Waals surface area contributed by atoms with E-state index in [0.717, 1.165) is 11.3 Å². The van der Waals surface area contributed by atoms with Crippen molar-refractivity contribution in [2.75, 3.05) is 31.6 Å². The smallest absolute Gasteiger partial charge is 0.414 e. The predicted octanol–water partition coefficient (Wildman–Crippen LogP) is 3.87. The fraction of sp³-hybridized carbons (Fsp3) is 0.300. The highest BCUT2D eigenvalue weighted by atomic mass is 35.5. The van der Waals surface area contributed by atoms with E-state index in [1.54, 1.807) is 25.3 Å². The zero-order valence-electron chi connectivity index (χ0n) is 15.8.